The van der Waals surface area contributed by atoms with E-state index in [9.17, 15) is 0 Å². The van der Waals surface area contributed by atoms with Crippen LogP contribution >= 0.6 is 11.6 Å². The Morgan fingerprint density at radius 2 is 1.65 bits per heavy atom. The smallest absolute Gasteiger partial charge is 0.122 e. The van der Waals surface area contributed by atoms with Gasteiger partial charge in [0.05, 0.1) is 7.11 Å². The normalized spacial score (nSPS) is 12.2. The molecular formula is C15H15ClO. The number of hydrogen-bond donors (Lipinski definition) is 0. The average molecular weight is 247 g/mol. The van der Waals surface area contributed by atoms with Crippen molar-refractivity contribution in [1.29, 1.82) is 0 Å². The molecule has 0 N–H and O–H groups in total. The molecule has 17 heavy (non-hydrogen) atoms. The van der Waals surface area contributed by atoms with Crippen molar-refractivity contribution in [2.24, 2.45) is 0 Å². The quantitative estimate of drug-likeness (QED) is 0.775. The van der Waals surface area contributed by atoms with Crippen molar-refractivity contribution in [1.82, 2.24) is 0 Å². The van der Waals surface area contributed by atoms with Crippen LogP contribution in [0.1, 0.15) is 24.0 Å². The molecule has 0 amide bonds. The van der Waals surface area contributed by atoms with Crippen molar-refractivity contribution in [2.75, 3.05) is 7.11 Å². The van der Waals surface area contributed by atoms with Crippen LogP contribution in [0.4, 0.5) is 0 Å². The van der Waals surface area contributed by atoms with Crippen molar-refractivity contribution in [2.45, 2.75) is 12.8 Å². The lowest BCUT2D eigenvalue weighted by Crippen LogP contribution is -1.99. The molecule has 2 aromatic carbocycles. The van der Waals surface area contributed by atoms with Gasteiger partial charge < -0.3 is 4.74 Å². The molecule has 0 aliphatic carbocycles. The molecule has 88 valence electrons. The Hall–Kier alpha value is -1.47. The molecule has 0 spiro atoms. The van der Waals surface area contributed by atoms with Crippen molar-refractivity contribution >= 4 is 11.6 Å². The Morgan fingerprint density at radius 1 is 1.00 bits per heavy atom. The van der Waals surface area contributed by atoms with E-state index in [0.717, 1.165) is 10.8 Å². The van der Waals surface area contributed by atoms with Gasteiger partial charge in [0, 0.05) is 16.5 Å². The Labute approximate surface area is 107 Å². The molecule has 0 bridgehead atoms. The lowest BCUT2D eigenvalue weighted by atomic mass is 9.92. The highest BCUT2D eigenvalue weighted by molar-refractivity contribution is 6.30. The van der Waals surface area contributed by atoms with Gasteiger partial charge in [0.25, 0.3) is 0 Å². The second-order valence-corrected chi connectivity index (χ2v) is 4.45. The lowest BCUT2D eigenvalue weighted by Gasteiger charge is -2.16. The topological polar surface area (TPSA) is 9.23 Å². The second kappa shape index (κ2) is 5.24. The van der Waals surface area contributed by atoms with Crippen LogP contribution in [-0.2, 0) is 0 Å². The summed E-state index contributed by atoms with van der Waals surface area (Å²) < 4.78 is 5.39. The Kier molecular flexibility index (Phi) is 3.70. The Balaban J connectivity index is 2.36. The third-order valence-corrected chi connectivity index (χ3v) is 3.23. The summed E-state index contributed by atoms with van der Waals surface area (Å²) in [6, 6.07) is 16.0. The summed E-state index contributed by atoms with van der Waals surface area (Å²) in [6.07, 6.45) is 0. The van der Waals surface area contributed by atoms with E-state index in [0.29, 0.717) is 5.92 Å². The summed E-state index contributed by atoms with van der Waals surface area (Å²) in [4.78, 5) is 0. The van der Waals surface area contributed by atoms with Crippen LogP contribution in [-0.4, -0.2) is 7.11 Å². The number of ether oxygens (including phenoxy) is 1. The third-order valence-electron chi connectivity index (χ3n) is 2.98. The average Bonchev–Trinajstić information content (AvgIpc) is 2.39. The van der Waals surface area contributed by atoms with E-state index >= 15 is 0 Å². The van der Waals surface area contributed by atoms with Crippen LogP contribution in [0.25, 0.3) is 0 Å². The van der Waals surface area contributed by atoms with Crippen LogP contribution in [0.15, 0.2) is 48.5 Å². The van der Waals surface area contributed by atoms with Crippen LogP contribution in [0, 0.1) is 0 Å². The predicted octanol–water partition coefficient (Wildman–Crippen LogP) is 4.50. The molecule has 0 aliphatic rings. The van der Waals surface area contributed by atoms with Crippen LogP contribution in [0.2, 0.25) is 5.02 Å². The van der Waals surface area contributed by atoms with E-state index in [-0.39, 0.29) is 0 Å². The van der Waals surface area contributed by atoms with E-state index in [1.807, 2.05) is 30.3 Å². The zero-order chi connectivity index (χ0) is 12.3. The maximum atomic E-state index is 5.90. The van der Waals surface area contributed by atoms with E-state index in [1.54, 1.807) is 7.11 Å². The monoisotopic (exact) mass is 246 g/mol. The molecule has 0 aromatic heterocycles. The molecule has 1 unspecified atom stereocenters. The van der Waals surface area contributed by atoms with Gasteiger partial charge in [-0.2, -0.15) is 0 Å². The maximum Gasteiger partial charge on any atom is 0.122 e. The fraction of sp³-hybridized carbons (Fsp3) is 0.200. The first-order valence-corrected chi connectivity index (χ1v) is 5.98. The van der Waals surface area contributed by atoms with Crippen LogP contribution in [0.5, 0.6) is 5.75 Å². The molecule has 0 saturated carbocycles. The number of methoxy groups -OCH3 is 1. The summed E-state index contributed by atoms with van der Waals surface area (Å²) >= 11 is 5.90. The minimum Gasteiger partial charge on any atom is -0.496 e. The first kappa shape index (κ1) is 12.0. The molecule has 0 radical (unpaired) electrons. The Bertz CT molecular complexity index is 491. The number of para-hydroxylation sites is 1. The Morgan fingerprint density at radius 3 is 2.29 bits per heavy atom. The summed E-state index contributed by atoms with van der Waals surface area (Å²) in [5, 5.41) is 0.765. The van der Waals surface area contributed by atoms with Crippen molar-refractivity contribution in [3.05, 3.63) is 64.7 Å². The van der Waals surface area contributed by atoms with Gasteiger partial charge in [-0.3, -0.25) is 0 Å². The molecular weight excluding hydrogens is 232 g/mol. The predicted molar refractivity (Wildman–Crippen MR) is 72.0 cm³/mol. The molecule has 0 saturated heterocycles. The summed E-state index contributed by atoms with van der Waals surface area (Å²) in [5.74, 6) is 1.22. The van der Waals surface area contributed by atoms with Crippen molar-refractivity contribution < 1.29 is 4.74 Å². The maximum absolute atomic E-state index is 5.90. The zero-order valence-electron chi connectivity index (χ0n) is 9.98. The van der Waals surface area contributed by atoms with E-state index in [1.165, 1.54) is 11.1 Å². The fourth-order valence-electron chi connectivity index (χ4n) is 1.96. The number of rotatable bonds is 3. The van der Waals surface area contributed by atoms with Gasteiger partial charge in [-0.1, -0.05) is 48.9 Å². The fourth-order valence-corrected chi connectivity index (χ4v) is 2.08. The SMILES string of the molecule is COc1ccccc1C(C)c1ccc(Cl)cc1. The molecule has 0 aliphatic heterocycles. The van der Waals surface area contributed by atoms with E-state index in [4.69, 9.17) is 16.3 Å². The van der Waals surface area contributed by atoms with Gasteiger partial charge in [0.15, 0.2) is 0 Å². The largest absolute Gasteiger partial charge is 0.496 e. The molecule has 2 rings (SSSR count). The van der Waals surface area contributed by atoms with Gasteiger partial charge in [0.1, 0.15) is 5.75 Å². The van der Waals surface area contributed by atoms with Gasteiger partial charge in [-0.05, 0) is 23.8 Å². The van der Waals surface area contributed by atoms with Gasteiger partial charge in [-0.25, -0.2) is 0 Å². The molecule has 2 heteroatoms. The first-order chi connectivity index (χ1) is 8.22. The minimum absolute atomic E-state index is 0.295. The lowest BCUT2D eigenvalue weighted by molar-refractivity contribution is 0.408. The highest BCUT2D eigenvalue weighted by atomic mass is 35.5. The molecule has 1 atom stereocenters. The summed E-state index contributed by atoms with van der Waals surface area (Å²) in [5.41, 5.74) is 2.43. The molecule has 0 heterocycles. The third kappa shape index (κ3) is 2.62. The highest BCUT2D eigenvalue weighted by Gasteiger charge is 2.12. The highest BCUT2D eigenvalue weighted by Crippen LogP contribution is 2.31. The molecule has 2 aromatic rings. The zero-order valence-corrected chi connectivity index (χ0v) is 10.7. The second-order valence-electron chi connectivity index (χ2n) is 4.02. The number of benzene rings is 2. The number of halogens is 1. The molecule has 0 fully saturated rings. The first-order valence-electron chi connectivity index (χ1n) is 5.60. The van der Waals surface area contributed by atoms with Gasteiger partial charge >= 0.3 is 0 Å². The van der Waals surface area contributed by atoms with Crippen LogP contribution < -0.4 is 4.74 Å². The van der Waals surface area contributed by atoms with Crippen molar-refractivity contribution in [3.8, 4) is 5.75 Å². The van der Waals surface area contributed by atoms with E-state index < -0.39 is 0 Å². The standard InChI is InChI=1S/C15H15ClO/c1-11(12-7-9-13(16)10-8-12)14-5-3-4-6-15(14)17-2/h3-11H,1-2H3. The van der Waals surface area contributed by atoms with Gasteiger partial charge in [-0.15, -0.1) is 0 Å². The molecule has 1 nitrogen and oxygen atoms in total. The number of hydrogen-bond acceptors (Lipinski definition) is 1. The summed E-state index contributed by atoms with van der Waals surface area (Å²) in [7, 11) is 1.70. The summed E-state index contributed by atoms with van der Waals surface area (Å²) in [6.45, 7) is 2.17. The van der Waals surface area contributed by atoms with Gasteiger partial charge in [0.2, 0.25) is 0 Å². The van der Waals surface area contributed by atoms with E-state index in [2.05, 4.69) is 25.1 Å². The van der Waals surface area contributed by atoms with Crippen LogP contribution in [0.3, 0.4) is 0 Å². The minimum atomic E-state index is 0.295. The van der Waals surface area contributed by atoms with Crippen molar-refractivity contribution in [3.63, 3.8) is 0 Å².